The van der Waals surface area contributed by atoms with Crippen molar-refractivity contribution in [3.63, 3.8) is 0 Å². The van der Waals surface area contributed by atoms with Crippen LogP contribution in [0, 0.1) is 17.8 Å². The molecule has 2 fully saturated rings. The molecule has 0 spiro atoms. The van der Waals surface area contributed by atoms with Gasteiger partial charge in [0.1, 0.15) is 5.52 Å². The number of anilines is 1. The quantitative estimate of drug-likeness (QED) is 0.733. The first-order valence-electron chi connectivity index (χ1n) is 9.60. The van der Waals surface area contributed by atoms with Crippen LogP contribution in [0.4, 0.5) is 10.8 Å². The number of benzene rings is 1. The molecule has 1 aromatic heterocycles. The molecule has 26 heavy (non-hydrogen) atoms. The molecule has 6 heteroatoms. The second-order valence-corrected chi connectivity index (χ2v) is 8.76. The number of rotatable bonds is 3. The first kappa shape index (κ1) is 17.7. The van der Waals surface area contributed by atoms with Crippen LogP contribution >= 0.6 is 11.6 Å². The first-order valence-corrected chi connectivity index (χ1v) is 9.98. The average Bonchev–Trinajstić information content (AvgIpc) is 2.93. The molecule has 140 valence electrons. The minimum atomic E-state index is -0.229. The third-order valence-electron chi connectivity index (χ3n) is 6.03. The number of hydrogen-bond acceptors (Lipinski definition) is 3. The predicted octanol–water partition coefficient (Wildman–Crippen LogP) is 5.60. The van der Waals surface area contributed by atoms with Crippen molar-refractivity contribution in [2.45, 2.75) is 57.9 Å². The second kappa shape index (κ2) is 6.76. The lowest BCUT2D eigenvalue weighted by atomic mass is 9.60. The zero-order valence-electron chi connectivity index (χ0n) is 15.3. The molecule has 2 bridgehead atoms. The largest absolute Gasteiger partial charge is 0.423 e. The van der Waals surface area contributed by atoms with Crippen molar-refractivity contribution in [1.29, 1.82) is 0 Å². The van der Waals surface area contributed by atoms with E-state index in [9.17, 15) is 4.79 Å². The summed E-state index contributed by atoms with van der Waals surface area (Å²) in [7, 11) is 0. The summed E-state index contributed by atoms with van der Waals surface area (Å²) in [6.45, 7) is 4.56. The van der Waals surface area contributed by atoms with Crippen molar-refractivity contribution in [2.75, 3.05) is 5.32 Å². The van der Waals surface area contributed by atoms with Crippen LogP contribution in [0.5, 0.6) is 0 Å². The van der Waals surface area contributed by atoms with Gasteiger partial charge < -0.3 is 9.73 Å². The molecule has 4 rings (SSSR count). The molecule has 2 N–H and O–H groups in total. The number of carbonyl (C=O) groups excluding carboxylic acids is 1. The minimum Gasteiger partial charge on any atom is -0.423 e. The Kier molecular flexibility index (Phi) is 4.59. The van der Waals surface area contributed by atoms with Crippen molar-refractivity contribution in [1.82, 2.24) is 10.3 Å². The third kappa shape index (κ3) is 3.54. The maximum absolute atomic E-state index is 12.7. The highest BCUT2D eigenvalue weighted by Gasteiger charge is 2.45. The van der Waals surface area contributed by atoms with Crippen molar-refractivity contribution in [2.24, 2.45) is 17.8 Å². The third-order valence-corrected chi connectivity index (χ3v) is 6.26. The highest BCUT2D eigenvalue weighted by Crippen LogP contribution is 2.48. The van der Waals surface area contributed by atoms with Gasteiger partial charge in [0.2, 0.25) is 0 Å². The smallest absolute Gasteiger partial charge is 0.323 e. The normalized spacial score (nSPS) is 31.0. The number of aromatic nitrogens is 1. The van der Waals surface area contributed by atoms with Gasteiger partial charge in [-0.2, -0.15) is 4.98 Å². The molecule has 0 saturated heterocycles. The molecule has 5 nitrogen and oxygen atoms in total. The molecule has 2 aliphatic carbocycles. The fraction of sp³-hybridized carbons (Fsp3) is 0.600. The van der Waals surface area contributed by atoms with Crippen molar-refractivity contribution >= 4 is 34.7 Å². The molecule has 0 aliphatic heterocycles. The Balaban J connectivity index is 1.48. The standard InChI is InChI=1S/C20H26ClN3O2/c1-3-13-7-14-6-12(2)9-20(10-13,11-14)24-18(25)23-19-22-16-8-15(21)4-5-17(16)26-19/h4-5,8,12-14H,3,6-7,9-11H2,1-2H3,(H2,22,23,24,25). The Bertz CT molecular complexity index is 816. The Labute approximate surface area is 158 Å². The molecule has 2 amide bonds. The van der Waals surface area contributed by atoms with E-state index >= 15 is 0 Å². The summed E-state index contributed by atoms with van der Waals surface area (Å²) in [5.41, 5.74) is 1.15. The van der Waals surface area contributed by atoms with Gasteiger partial charge in [0.05, 0.1) is 0 Å². The minimum absolute atomic E-state index is 0.0966. The zero-order valence-corrected chi connectivity index (χ0v) is 16.1. The number of amides is 2. The van der Waals surface area contributed by atoms with Crippen molar-refractivity contribution in [3.8, 4) is 0 Å². The maximum Gasteiger partial charge on any atom is 0.323 e. The molecular weight excluding hydrogens is 350 g/mol. The number of oxazole rings is 1. The van der Waals surface area contributed by atoms with Crippen LogP contribution in [0.15, 0.2) is 22.6 Å². The number of halogens is 1. The van der Waals surface area contributed by atoms with Crippen LogP contribution in [0.25, 0.3) is 11.1 Å². The van der Waals surface area contributed by atoms with E-state index < -0.39 is 0 Å². The highest BCUT2D eigenvalue weighted by molar-refractivity contribution is 6.31. The topological polar surface area (TPSA) is 67.2 Å². The number of hydrogen-bond donors (Lipinski definition) is 2. The zero-order chi connectivity index (χ0) is 18.3. The molecule has 1 heterocycles. The summed E-state index contributed by atoms with van der Waals surface area (Å²) in [4.78, 5) is 17.0. The van der Waals surface area contributed by atoms with Gasteiger partial charge in [0.15, 0.2) is 5.58 Å². The lowest BCUT2D eigenvalue weighted by Crippen LogP contribution is -2.57. The van der Waals surface area contributed by atoms with E-state index in [0.29, 0.717) is 28.0 Å². The fourth-order valence-corrected chi connectivity index (χ4v) is 5.45. The summed E-state index contributed by atoms with van der Waals surface area (Å²) in [6.07, 6.45) is 6.98. The summed E-state index contributed by atoms with van der Waals surface area (Å²) in [6, 6.07) is 5.20. The fourth-order valence-electron chi connectivity index (χ4n) is 5.28. The number of nitrogens with zero attached hydrogens (tertiary/aromatic N) is 1. The summed E-state index contributed by atoms with van der Waals surface area (Å²) in [5, 5.41) is 6.65. The van der Waals surface area contributed by atoms with Gasteiger partial charge in [0, 0.05) is 10.6 Å². The van der Waals surface area contributed by atoms with Gasteiger partial charge in [0.25, 0.3) is 0 Å². The summed E-state index contributed by atoms with van der Waals surface area (Å²) >= 11 is 5.98. The van der Waals surface area contributed by atoms with Crippen LogP contribution in [-0.2, 0) is 0 Å². The average molecular weight is 376 g/mol. The first-order chi connectivity index (χ1) is 12.4. The second-order valence-electron chi connectivity index (χ2n) is 8.32. The number of urea groups is 1. The Morgan fingerprint density at radius 1 is 1.35 bits per heavy atom. The van der Waals surface area contributed by atoms with E-state index in [1.807, 2.05) is 0 Å². The van der Waals surface area contributed by atoms with Crippen molar-refractivity contribution < 1.29 is 9.21 Å². The number of nitrogens with one attached hydrogen (secondary N) is 2. The lowest BCUT2D eigenvalue weighted by molar-refractivity contribution is 0.0571. The molecule has 4 atom stereocenters. The van der Waals surface area contributed by atoms with E-state index in [1.165, 1.54) is 19.3 Å². The summed E-state index contributed by atoms with van der Waals surface area (Å²) < 4.78 is 5.61. The van der Waals surface area contributed by atoms with Crippen LogP contribution in [0.1, 0.15) is 52.4 Å². The Hall–Kier alpha value is -1.75. The maximum atomic E-state index is 12.7. The van der Waals surface area contributed by atoms with Crippen molar-refractivity contribution in [3.05, 3.63) is 23.2 Å². The van der Waals surface area contributed by atoms with Gasteiger partial charge in [-0.1, -0.05) is 31.9 Å². The van der Waals surface area contributed by atoms with Gasteiger partial charge in [-0.05, 0) is 68.1 Å². The number of carbonyl (C=O) groups is 1. The Morgan fingerprint density at radius 2 is 2.19 bits per heavy atom. The molecule has 2 aromatic rings. The number of fused-ring (bicyclic) bond motifs is 3. The van der Waals surface area contributed by atoms with Crippen LogP contribution in [-0.4, -0.2) is 16.6 Å². The SMILES string of the molecule is CCC1CC2CC(C)CC(NC(=O)Nc3nc4cc(Cl)ccc4o3)(C1)C2. The molecule has 2 saturated carbocycles. The van der Waals surface area contributed by atoms with Gasteiger partial charge in [-0.15, -0.1) is 0 Å². The van der Waals surface area contributed by atoms with Gasteiger partial charge in [-0.3, -0.25) is 5.32 Å². The van der Waals surface area contributed by atoms with E-state index in [-0.39, 0.29) is 17.6 Å². The van der Waals surface area contributed by atoms with E-state index in [1.54, 1.807) is 18.2 Å². The molecular formula is C20H26ClN3O2. The molecule has 0 radical (unpaired) electrons. The summed E-state index contributed by atoms with van der Waals surface area (Å²) in [5.74, 6) is 2.08. The van der Waals surface area contributed by atoms with E-state index in [2.05, 4.69) is 29.5 Å². The van der Waals surface area contributed by atoms with Gasteiger partial charge >= 0.3 is 12.0 Å². The lowest BCUT2D eigenvalue weighted by Gasteiger charge is -2.50. The van der Waals surface area contributed by atoms with E-state index in [4.69, 9.17) is 16.0 Å². The van der Waals surface area contributed by atoms with E-state index in [0.717, 1.165) is 25.2 Å². The monoisotopic (exact) mass is 375 g/mol. The van der Waals surface area contributed by atoms with Gasteiger partial charge in [-0.25, -0.2) is 4.79 Å². The van der Waals surface area contributed by atoms with Crippen LogP contribution in [0.2, 0.25) is 5.02 Å². The van der Waals surface area contributed by atoms with Crippen LogP contribution < -0.4 is 10.6 Å². The molecule has 1 aromatic carbocycles. The highest BCUT2D eigenvalue weighted by atomic mass is 35.5. The molecule has 4 unspecified atom stereocenters. The van der Waals surface area contributed by atoms with Crippen LogP contribution in [0.3, 0.4) is 0 Å². The Morgan fingerprint density at radius 3 is 3.00 bits per heavy atom. The predicted molar refractivity (Wildman–Crippen MR) is 103 cm³/mol. The molecule has 2 aliphatic rings.